The first-order chi connectivity index (χ1) is 7.79. The van der Waals surface area contributed by atoms with Crippen LogP contribution in [0.2, 0.25) is 0 Å². The fraction of sp³-hybridized carbons (Fsp3) is 0.500. The van der Waals surface area contributed by atoms with Gasteiger partial charge in [-0.2, -0.15) is 30.9 Å². The zero-order chi connectivity index (χ0) is 13.2. The van der Waals surface area contributed by atoms with E-state index in [0.717, 1.165) is 7.05 Å². The Morgan fingerprint density at radius 3 is 2.59 bits per heavy atom. The number of aryl methyl sites for hydroxylation is 1. The molecule has 1 aromatic rings. The first-order valence-corrected chi connectivity index (χ1v) is 5.90. The maximum Gasteiger partial charge on any atom is 0.434 e. The van der Waals surface area contributed by atoms with Crippen LogP contribution >= 0.6 is 28.6 Å². The average molecular weight is 332 g/mol. The minimum atomic E-state index is -4.57. The normalized spacial score (nSPS) is 11.6. The van der Waals surface area contributed by atoms with Gasteiger partial charge in [-0.15, -0.1) is 0 Å². The van der Waals surface area contributed by atoms with Crippen LogP contribution < -0.4 is 5.32 Å². The number of nitrogens with one attached hydrogen (secondary N) is 1. The Morgan fingerprint density at radius 2 is 2.18 bits per heavy atom. The number of carbonyl (C=O) groups is 1. The van der Waals surface area contributed by atoms with E-state index in [2.05, 4.69) is 39.0 Å². The second-order valence-corrected chi connectivity index (χ2v) is 4.35. The minimum Gasteiger partial charge on any atom is -0.350 e. The van der Waals surface area contributed by atoms with Gasteiger partial charge in [-0.05, 0) is 15.9 Å². The molecule has 1 N–H and O–H groups in total. The predicted octanol–water partition coefficient (Wildman–Crippen LogP) is 1.86. The van der Waals surface area contributed by atoms with Crippen molar-refractivity contribution in [1.82, 2.24) is 15.1 Å². The molecule has 4 nitrogen and oxygen atoms in total. The Labute approximate surface area is 109 Å². The van der Waals surface area contributed by atoms with Gasteiger partial charge in [0.15, 0.2) is 11.4 Å². The molecule has 9 heteroatoms. The van der Waals surface area contributed by atoms with Crippen LogP contribution in [0.4, 0.5) is 13.2 Å². The largest absolute Gasteiger partial charge is 0.434 e. The van der Waals surface area contributed by atoms with Gasteiger partial charge in [-0.1, -0.05) is 0 Å². The molecule has 0 unspecified atom stereocenters. The smallest absolute Gasteiger partial charge is 0.350 e. The summed E-state index contributed by atoms with van der Waals surface area (Å²) in [6, 6.07) is 0. The number of rotatable bonds is 3. The van der Waals surface area contributed by atoms with Crippen molar-refractivity contribution in [2.24, 2.45) is 7.05 Å². The van der Waals surface area contributed by atoms with Gasteiger partial charge in [0, 0.05) is 19.3 Å². The Morgan fingerprint density at radius 1 is 1.59 bits per heavy atom. The van der Waals surface area contributed by atoms with Crippen LogP contribution in [-0.4, -0.2) is 28.0 Å². The molecule has 1 amide bonds. The van der Waals surface area contributed by atoms with Gasteiger partial charge in [0.2, 0.25) is 0 Å². The fourth-order valence-electron chi connectivity index (χ4n) is 1.20. The number of hydrogen-bond acceptors (Lipinski definition) is 3. The summed E-state index contributed by atoms with van der Waals surface area (Å²) in [5.74, 6) is -0.278. The van der Waals surface area contributed by atoms with Crippen molar-refractivity contribution in [2.45, 2.75) is 6.18 Å². The zero-order valence-electron chi connectivity index (χ0n) is 8.68. The Balaban J connectivity index is 3.09. The molecule has 0 saturated heterocycles. The summed E-state index contributed by atoms with van der Waals surface area (Å²) >= 11 is 6.62. The molecule has 1 heterocycles. The average Bonchev–Trinajstić information content (AvgIpc) is 2.49. The van der Waals surface area contributed by atoms with E-state index >= 15 is 0 Å². The van der Waals surface area contributed by atoms with Crippen molar-refractivity contribution in [1.29, 1.82) is 0 Å². The molecular weight excluding hydrogens is 323 g/mol. The van der Waals surface area contributed by atoms with Gasteiger partial charge in [-0.25, -0.2) is 0 Å². The molecule has 0 aliphatic rings. The lowest BCUT2D eigenvalue weighted by Gasteiger charge is -2.06. The van der Waals surface area contributed by atoms with Crippen LogP contribution in [0.15, 0.2) is 4.47 Å². The molecule has 0 bridgehead atoms. The Kier molecular flexibility index (Phi) is 4.48. The monoisotopic (exact) mass is 331 g/mol. The van der Waals surface area contributed by atoms with Crippen molar-refractivity contribution in [3.63, 3.8) is 0 Å². The maximum absolute atomic E-state index is 12.6. The van der Waals surface area contributed by atoms with Gasteiger partial charge in [0.05, 0.1) is 4.47 Å². The molecule has 0 aliphatic carbocycles. The van der Waals surface area contributed by atoms with Crippen LogP contribution in [0.1, 0.15) is 16.2 Å². The van der Waals surface area contributed by atoms with E-state index in [1.165, 1.54) is 0 Å². The summed E-state index contributed by atoms with van der Waals surface area (Å²) < 4.78 is 38.1. The third-order valence-electron chi connectivity index (χ3n) is 1.87. The van der Waals surface area contributed by atoms with Gasteiger partial charge >= 0.3 is 6.18 Å². The third-order valence-corrected chi connectivity index (χ3v) is 2.85. The second-order valence-electron chi connectivity index (χ2n) is 3.11. The molecule has 0 fully saturated rings. The number of hydrogen-bond donors (Lipinski definition) is 2. The molecule has 17 heavy (non-hydrogen) atoms. The zero-order valence-corrected chi connectivity index (χ0v) is 11.2. The van der Waals surface area contributed by atoms with Crippen molar-refractivity contribution >= 4 is 34.5 Å². The molecular formula is C8H9BrF3N3OS. The highest BCUT2D eigenvalue weighted by molar-refractivity contribution is 9.10. The molecule has 0 aliphatic heterocycles. The van der Waals surface area contributed by atoms with Gasteiger partial charge in [-0.3, -0.25) is 9.48 Å². The Hall–Kier alpha value is -0.700. The van der Waals surface area contributed by atoms with Crippen LogP contribution in [0.5, 0.6) is 0 Å². The summed E-state index contributed by atoms with van der Waals surface area (Å²) in [4.78, 5) is 11.5. The first kappa shape index (κ1) is 14.4. The lowest BCUT2D eigenvalue weighted by Crippen LogP contribution is -2.26. The van der Waals surface area contributed by atoms with Crippen LogP contribution in [0.25, 0.3) is 0 Å². The quantitative estimate of drug-likeness (QED) is 0.830. The van der Waals surface area contributed by atoms with E-state index < -0.39 is 17.8 Å². The SMILES string of the molecule is Cn1nc(C(=O)NCCS)c(Br)c1C(F)(F)F. The lowest BCUT2D eigenvalue weighted by molar-refractivity contribution is -0.144. The summed E-state index contributed by atoms with van der Waals surface area (Å²) in [6.07, 6.45) is -4.57. The van der Waals surface area contributed by atoms with Crippen molar-refractivity contribution in [3.8, 4) is 0 Å². The van der Waals surface area contributed by atoms with Crippen molar-refractivity contribution in [2.75, 3.05) is 12.3 Å². The molecule has 1 rings (SSSR count). The first-order valence-electron chi connectivity index (χ1n) is 4.47. The third kappa shape index (κ3) is 3.15. The highest BCUT2D eigenvalue weighted by Gasteiger charge is 2.39. The topological polar surface area (TPSA) is 46.9 Å². The molecule has 0 spiro atoms. The number of aromatic nitrogens is 2. The van der Waals surface area contributed by atoms with E-state index in [-0.39, 0.29) is 16.7 Å². The lowest BCUT2D eigenvalue weighted by atomic mass is 10.3. The van der Waals surface area contributed by atoms with Crippen molar-refractivity contribution < 1.29 is 18.0 Å². The number of carbonyl (C=O) groups excluding carboxylic acids is 1. The molecule has 0 saturated carbocycles. The van der Waals surface area contributed by atoms with Crippen LogP contribution in [0, 0.1) is 0 Å². The standard InChI is InChI=1S/C8H9BrF3N3OS/c1-15-6(8(10,11)12)4(9)5(14-15)7(16)13-2-3-17/h17H,2-3H2,1H3,(H,13,16). The highest BCUT2D eigenvalue weighted by Crippen LogP contribution is 2.36. The fourth-order valence-corrected chi connectivity index (χ4v) is 2.06. The van der Waals surface area contributed by atoms with E-state index in [9.17, 15) is 18.0 Å². The van der Waals surface area contributed by atoms with E-state index in [4.69, 9.17) is 0 Å². The molecule has 96 valence electrons. The summed E-state index contributed by atoms with van der Waals surface area (Å²) in [5.41, 5.74) is -1.28. The summed E-state index contributed by atoms with van der Waals surface area (Å²) in [5, 5.41) is 5.94. The maximum atomic E-state index is 12.6. The molecule has 0 atom stereocenters. The van der Waals surface area contributed by atoms with E-state index in [0.29, 0.717) is 10.4 Å². The molecule has 0 aromatic carbocycles. The molecule has 0 radical (unpaired) electrons. The van der Waals surface area contributed by atoms with E-state index in [1.807, 2.05) is 0 Å². The Bertz CT molecular complexity index is 432. The molecule has 1 aromatic heterocycles. The predicted molar refractivity (Wildman–Crippen MR) is 62.1 cm³/mol. The second kappa shape index (κ2) is 5.30. The highest BCUT2D eigenvalue weighted by atomic mass is 79.9. The van der Waals surface area contributed by atoms with Crippen LogP contribution in [0.3, 0.4) is 0 Å². The van der Waals surface area contributed by atoms with Gasteiger partial charge in [0.1, 0.15) is 0 Å². The minimum absolute atomic E-state index is 0.256. The van der Waals surface area contributed by atoms with Gasteiger partial charge in [0.25, 0.3) is 5.91 Å². The number of thiol groups is 1. The number of halogens is 4. The summed E-state index contributed by atoms with van der Waals surface area (Å²) in [7, 11) is 1.13. The number of alkyl halides is 3. The van der Waals surface area contributed by atoms with Crippen molar-refractivity contribution in [3.05, 3.63) is 15.9 Å². The van der Waals surface area contributed by atoms with Crippen LogP contribution in [-0.2, 0) is 13.2 Å². The van der Waals surface area contributed by atoms with E-state index in [1.54, 1.807) is 0 Å². The number of amides is 1. The summed E-state index contributed by atoms with van der Waals surface area (Å²) in [6.45, 7) is 0.256. The van der Waals surface area contributed by atoms with Gasteiger partial charge < -0.3 is 5.32 Å². The number of nitrogens with zero attached hydrogens (tertiary/aromatic N) is 2.